The summed E-state index contributed by atoms with van der Waals surface area (Å²) in [6.45, 7) is 7.77. The predicted molar refractivity (Wildman–Crippen MR) is 155 cm³/mol. The number of aliphatic hydroxyl groups is 1. The molecule has 40 heavy (non-hydrogen) atoms. The van der Waals surface area contributed by atoms with Gasteiger partial charge in [-0.3, -0.25) is 9.59 Å². The van der Waals surface area contributed by atoms with Crippen LogP contribution in [0.5, 0.6) is 0 Å². The molecule has 0 bridgehead atoms. The SMILES string of the molecule is COCCNC(=O)c1cc(/C(NCc2c[nH]c3ccc(C)cc23)=C2\C(=O)N(C)C(O)N(CC(C)C)C2N)n(C)c1. The van der Waals surface area contributed by atoms with E-state index in [1.165, 1.54) is 4.90 Å². The molecule has 2 amide bonds. The molecule has 0 aliphatic carbocycles. The van der Waals surface area contributed by atoms with Crippen molar-refractivity contribution in [3.63, 3.8) is 0 Å². The van der Waals surface area contributed by atoms with Crippen molar-refractivity contribution in [3.05, 3.63) is 64.6 Å². The van der Waals surface area contributed by atoms with E-state index in [4.69, 9.17) is 10.5 Å². The number of amides is 2. The molecule has 1 saturated heterocycles. The zero-order chi connectivity index (χ0) is 29.1. The molecule has 0 spiro atoms. The van der Waals surface area contributed by atoms with E-state index in [9.17, 15) is 14.7 Å². The van der Waals surface area contributed by atoms with Crippen LogP contribution in [0.4, 0.5) is 0 Å². The number of hydrogen-bond donors (Lipinski definition) is 5. The number of likely N-dealkylation sites (N-methyl/N-ethyl adjacent to an activating group) is 1. The fourth-order valence-corrected chi connectivity index (χ4v) is 5.09. The van der Waals surface area contributed by atoms with Gasteiger partial charge in [-0.05, 0) is 36.6 Å². The van der Waals surface area contributed by atoms with Crippen LogP contribution in [-0.4, -0.2) is 82.6 Å². The van der Waals surface area contributed by atoms with Gasteiger partial charge in [0.2, 0.25) is 0 Å². The van der Waals surface area contributed by atoms with E-state index in [-0.39, 0.29) is 17.7 Å². The molecule has 4 rings (SSSR count). The molecular formula is C29H41N7O4. The highest BCUT2D eigenvalue weighted by atomic mass is 16.5. The van der Waals surface area contributed by atoms with Gasteiger partial charge in [-0.15, -0.1) is 0 Å². The Bertz CT molecular complexity index is 1410. The highest BCUT2D eigenvalue weighted by Gasteiger charge is 2.42. The van der Waals surface area contributed by atoms with Crippen LogP contribution in [0, 0.1) is 12.8 Å². The summed E-state index contributed by atoms with van der Waals surface area (Å²) in [6.07, 6.45) is 1.64. The van der Waals surface area contributed by atoms with Crippen molar-refractivity contribution in [3.8, 4) is 0 Å². The first kappa shape index (κ1) is 29.3. The van der Waals surface area contributed by atoms with Gasteiger partial charge in [0.1, 0.15) is 0 Å². The van der Waals surface area contributed by atoms with Crippen molar-refractivity contribution in [2.45, 2.75) is 39.8 Å². The maximum Gasteiger partial charge on any atom is 0.257 e. The number of nitrogens with zero attached hydrogens (tertiary/aromatic N) is 3. The quantitative estimate of drug-likeness (QED) is 0.191. The Morgan fingerprint density at radius 3 is 2.67 bits per heavy atom. The lowest BCUT2D eigenvalue weighted by atomic mass is 10.0. The number of H-pyrrole nitrogens is 1. The molecule has 3 aromatic rings. The lowest BCUT2D eigenvalue weighted by Crippen LogP contribution is -2.64. The standard InChI is InChI=1S/C29H41N7O4/c1-17(2)15-36-26(30)24(28(38)35(5)29(36)39)25(23-12-19(16-34(23)4)27(37)31-9-10-40-6)33-14-20-13-32-22-8-7-18(3)11-21(20)22/h7-8,11-13,16-17,26,29,32-33,39H,9-10,14-15,30H2,1-6H3,(H,31,37)/b25-24+. The average molecular weight is 552 g/mol. The summed E-state index contributed by atoms with van der Waals surface area (Å²) in [5, 5.41) is 18.3. The summed E-state index contributed by atoms with van der Waals surface area (Å²) in [4.78, 5) is 32.8. The van der Waals surface area contributed by atoms with Crippen LogP contribution < -0.4 is 16.4 Å². The van der Waals surface area contributed by atoms with Gasteiger partial charge >= 0.3 is 0 Å². The van der Waals surface area contributed by atoms with Gasteiger partial charge in [0.15, 0.2) is 6.35 Å². The van der Waals surface area contributed by atoms with Gasteiger partial charge in [-0.1, -0.05) is 25.5 Å². The first-order valence-corrected chi connectivity index (χ1v) is 13.5. The van der Waals surface area contributed by atoms with Crippen LogP contribution >= 0.6 is 0 Å². The Hall–Kier alpha value is -3.64. The minimum Gasteiger partial charge on any atom is -0.383 e. The normalized spacial score (nSPS) is 19.5. The number of aromatic amines is 1. The van der Waals surface area contributed by atoms with E-state index < -0.39 is 12.5 Å². The van der Waals surface area contributed by atoms with Crippen molar-refractivity contribution in [2.24, 2.45) is 18.7 Å². The molecule has 2 aromatic heterocycles. The molecule has 0 radical (unpaired) electrons. The van der Waals surface area contributed by atoms with Gasteiger partial charge < -0.3 is 40.7 Å². The number of nitrogens with one attached hydrogen (secondary N) is 3. The van der Waals surface area contributed by atoms with Crippen LogP contribution in [0.2, 0.25) is 0 Å². The number of nitrogens with two attached hydrogens (primary N) is 1. The third-order valence-electron chi connectivity index (χ3n) is 7.19. The Balaban J connectivity index is 1.79. The molecule has 6 N–H and O–H groups in total. The van der Waals surface area contributed by atoms with Gasteiger partial charge in [-0.2, -0.15) is 0 Å². The van der Waals surface area contributed by atoms with Gasteiger partial charge in [0, 0.05) is 64.1 Å². The Morgan fingerprint density at radius 2 is 1.98 bits per heavy atom. The summed E-state index contributed by atoms with van der Waals surface area (Å²) in [5.74, 6) is -0.431. The number of rotatable bonds is 10. The first-order valence-electron chi connectivity index (χ1n) is 13.5. The molecule has 2 unspecified atom stereocenters. The zero-order valence-electron chi connectivity index (χ0n) is 24.1. The number of aliphatic hydroxyl groups excluding tert-OH is 1. The number of aromatic nitrogens is 2. The summed E-state index contributed by atoms with van der Waals surface area (Å²) in [7, 11) is 4.96. The van der Waals surface area contributed by atoms with E-state index in [1.54, 1.807) is 35.9 Å². The van der Waals surface area contributed by atoms with Crippen molar-refractivity contribution >= 4 is 28.4 Å². The van der Waals surface area contributed by atoms with Crippen molar-refractivity contribution in [2.75, 3.05) is 33.9 Å². The Kier molecular flexibility index (Phi) is 8.99. The van der Waals surface area contributed by atoms with Crippen molar-refractivity contribution < 1.29 is 19.4 Å². The topological polar surface area (TPSA) is 141 Å². The highest BCUT2D eigenvalue weighted by Crippen LogP contribution is 2.30. The van der Waals surface area contributed by atoms with Gasteiger partial charge in [-0.25, -0.2) is 4.90 Å². The van der Waals surface area contributed by atoms with Crippen LogP contribution in [0.15, 0.2) is 42.2 Å². The monoisotopic (exact) mass is 551 g/mol. The van der Waals surface area contributed by atoms with Crippen molar-refractivity contribution in [1.82, 2.24) is 30.0 Å². The molecule has 11 heteroatoms. The number of benzene rings is 1. The third kappa shape index (κ3) is 5.92. The van der Waals surface area contributed by atoms with E-state index in [0.717, 1.165) is 22.0 Å². The molecule has 216 valence electrons. The van der Waals surface area contributed by atoms with Crippen LogP contribution in [0.25, 0.3) is 16.6 Å². The maximum atomic E-state index is 13.7. The average Bonchev–Trinajstić information content (AvgIpc) is 3.50. The Labute approximate surface area is 234 Å². The first-order chi connectivity index (χ1) is 19.0. The maximum absolute atomic E-state index is 13.7. The second-order valence-electron chi connectivity index (χ2n) is 10.8. The van der Waals surface area contributed by atoms with Gasteiger partial charge in [0.05, 0.1) is 35.3 Å². The minimum absolute atomic E-state index is 0.201. The van der Waals surface area contributed by atoms with Crippen LogP contribution in [0.1, 0.15) is 41.0 Å². The largest absolute Gasteiger partial charge is 0.383 e. The van der Waals surface area contributed by atoms with E-state index in [0.29, 0.717) is 48.8 Å². The van der Waals surface area contributed by atoms with E-state index in [1.807, 2.05) is 40.1 Å². The summed E-state index contributed by atoms with van der Waals surface area (Å²) < 4.78 is 6.84. The Morgan fingerprint density at radius 1 is 1.23 bits per heavy atom. The molecule has 1 aliphatic rings. The summed E-state index contributed by atoms with van der Waals surface area (Å²) in [5.41, 5.74) is 11.8. The number of carbonyl (C=O) groups is 2. The van der Waals surface area contributed by atoms with Gasteiger partial charge in [0.25, 0.3) is 11.8 Å². The third-order valence-corrected chi connectivity index (χ3v) is 7.19. The minimum atomic E-state index is -1.15. The van der Waals surface area contributed by atoms with Crippen molar-refractivity contribution in [1.29, 1.82) is 0 Å². The lowest BCUT2D eigenvalue weighted by molar-refractivity contribution is -0.166. The molecule has 1 fully saturated rings. The second kappa shape index (κ2) is 12.3. The predicted octanol–water partition coefficient (Wildman–Crippen LogP) is 1.68. The number of hydrogen-bond acceptors (Lipinski definition) is 7. The molecule has 0 saturated carbocycles. The molecule has 1 aromatic carbocycles. The van der Waals surface area contributed by atoms with E-state index >= 15 is 0 Å². The highest BCUT2D eigenvalue weighted by molar-refractivity contribution is 6.03. The number of aryl methyl sites for hydroxylation is 2. The van der Waals surface area contributed by atoms with E-state index in [2.05, 4.69) is 27.8 Å². The van der Waals surface area contributed by atoms with Crippen LogP contribution in [0.3, 0.4) is 0 Å². The molecular weight excluding hydrogens is 510 g/mol. The molecule has 3 heterocycles. The second-order valence-corrected chi connectivity index (χ2v) is 10.8. The fraction of sp³-hybridized carbons (Fsp3) is 0.448. The number of ether oxygens (including phenoxy) is 1. The summed E-state index contributed by atoms with van der Waals surface area (Å²) in [6, 6.07) is 7.96. The number of carbonyl (C=O) groups excluding carboxylic acids is 2. The molecule has 2 atom stereocenters. The lowest BCUT2D eigenvalue weighted by Gasteiger charge is -2.44. The molecule has 1 aliphatic heterocycles. The van der Waals surface area contributed by atoms with Crippen LogP contribution in [-0.2, 0) is 23.1 Å². The number of methoxy groups -OCH3 is 1. The zero-order valence-corrected chi connectivity index (χ0v) is 24.1. The number of fused-ring (bicyclic) bond motifs is 1. The fourth-order valence-electron chi connectivity index (χ4n) is 5.09. The molecule has 11 nitrogen and oxygen atoms in total. The smallest absolute Gasteiger partial charge is 0.257 e. The summed E-state index contributed by atoms with van der Waals surface area (Å²) >= 11 is 0.